The molecule has 0 spiro atoms. The highest BCUT2D eigenvalue weighted by molar-refractivity contribution is 7.80. The van der Waals surface area contributed by atoms with Crippen molar-refractivity contribution in [1.82, 2.24) is 0 Å². The first-order valence-corrected chi connectivity index (χ1v) is 7.35. The minimum atomic E-state index is -0.687. The minimum absolute atomic E-state index is 0.0280. The molecule has 1 aliphatic carbocycles. The highest BCUT2D eigenvalue weighted by Crippen LogP contribution is 2.44. The molecule has 6 heteroatoms. The molecule has 0 bridgehead atoms. The van der Waals surface area contributed by atoms with Crippen molar-refractivity contribution in [2.75, 3.05) is 11.9 Å². The molecule has 0 radical (unpaired) electrons. The number of ether oxygens (including phenoxy) is 1. The quantitative estimate of drug-likeness (QED) is 0.819. The number of benzene rings is 1. The molecule has 2 atom stereocenters. The van der Waals surface area contributed by atoms with E-state index in [0.717, 1.165) is 18.6 Å². The molecule has 1 fully saturated rings. The lowest BCUT2D eigenvalue weighted by atomic mass is 9.64. The van der Waals surface area contributed by atoms with Crippen molar-refractivity contribution in [3.05, 3.63) is 29.3 Å². The van der Waals surface area contributed by atoms with Gasteiger partial charge in [-0.3, -0.25) is 0 Å². The van der Waals surface area contributed by atoms with E-state index in [2.05, 4.69) is 5.32 Å². The summed E-state index contributed by atoms with van der Waals surface area (Å²) in [5.41, 5.74) is 5.26. The first kappa shape index (κ1) is 16.1. The van der Waals surface area contributed by atoms with Gasteiger partial charge in [0.25, 0.3) is 0 Å². The molecule has 1 aromatic rings. The van der Waals surface area contributed by atoms with Crippen molar-refractivity contribution < 1.29 is 13.5 Å². The number of rotatable bonds is 5. The third kappa shape index (κ3) is 3.01. The molecule has 3 N–H and O–H groups in total. The number of nitrogens with two attached hydrogens (primary N) is 1. The van der Waals surface area contributed by atoms with Crippen LogP contribution in [-0.4, -0.2) is 23.7 Å². The van der Waals surface area contributed by atoms with Gasteiger partial charge < -0.3 is 15.8 Å². The number of thiocarbonyl (C=S) groups is 1. The van der Waals surface area contributed by atoms with Crippen LogP contribution in [0.15, 0.2) is 12.1 Å². The van der Waals surface area contributed by atoms with Crippen molar-refractivity contribution in [2.45, 2.75) is 39.3 Å². The van der Waals surface area contributed by atoms with Crippen molar-refractivity contribution in [3.63, 3.8) is 0 Å². The van der Waals surface area contributed by atoms with Gasteiger partial charge in [-0.05, 0) is 25.5 Å². The smallest absolute Gasteiger partial charge is 0.150 e. The molecule has 0 aliphatic heterocycles. The van der Waals surface area contributed by atoms with Crippen LogP contribution in [0.2, 0.25) is 0 Å². The van der Waals surface area contributed by atoms with Crippen LogP contribution in [0, 0.1) is 17.0 Å². The van der Waals surface area contributed by atoms with Crippen LogP contribution >= 0.6 is 12.2 Å². The van der Waals surface area contributed by atoms with Crippen LogP contribution in [0.25, 0.3) is 0 Å². The molecular weight excluding hydrogens is 294 g/mol. The maximum atomic E-state index is 14.0. The summed E-state index contributed by atoms with van der Waals surface area (Å²) in [6.07, 6.45) is 0.818. The predicted molar refractivity (Wildman–Crippen MR) is 83.5 cm³/mol. The lowest BCUT2D eigenvalue weighted by molar-refractivity contribution is -0.0977. The third-order valence-corrected chi connectivity index (χ3v) is 4.43. The summed E-state index contributed by atoms with van der Waals surface area (Å²) >= 11 is 4.73. The van der Waals surface area contributed by atoms with E-state index in [1.165, 1.54) is 0 Å². The summed E-state index contributed by atoms with van der Waals surface area (Å²) in [4.78, 5) is -0.0280. The summed E-state index contributed by atoms with van der Waals surface area (Å²) in [6.45, 7) is 6.61. The van der Waals surface area contributed by atoms with E-state index in [1.54, 1.807) is 0 Å². The molecule has 0 aromatic heterocycles. The predicted octanol–water partition coefficient (Wildman–Crippen LogP) is 3.21. The summed E-state index contributed by atoms with van der Waals surface area (Å²) < 4.78 is 33.7. The second-order valence-corrected chi connectivity index (χ2v) is 6.32. The van der Waals surface area contributed by atoms with E-state index in [-0.39, 0.29) is 33.8 Å². The minimum Gasteiger partial charge on any atom is -0.389 e. The van der Waals surface area contributed by atoms with E-state index in [4.69, 9.17) is 22.7 Å². The third-order valence-electron chi connectivity index (χ3n) is 4.19. The molecule has 3 nitrogen and oxygen atoms in total. The number of anilines is 1. The van der Waals surface area contributed by atoms with Gasteiger partial charge in [0, 0.05) is 23.6 Å². The topological polar surface area (TPSA) is 47.3 Å². The Hall–Kier alpha value is -1.27. The number of hydrogen-bond acceptors (Lipinski definition) is 3. The van der Waals surface area contributed by atoms with Gasteiger partial charge in [0.2, 0.25) is 0 Å². The second-order valence-electron chi connectivity index (χ2n) is 5.88. The Kier molecular flexibility index (Phi) is 4.49. The van der Waals surface area contributed by atoms with Crippen LogP contribution in [0.1, 0.15) is 32.8 Å². The van der Waals surface area contributed by atoms with E-state index in [1.807, 2.05) is 20.8 Å². The summed E-state index contributed by atoms with van der Waals surface area (Å²) in [7, 11) is 0. The Balaban J connectivity index is 2.16. The van der Waals surface area contributed by atoms with Gasteiger partial charge in [0.05, 0.1) is 6.10 Å². The van der Waals surface area contributed by atoms with Crippen LogP contribution < -0.4 is 11.1 Å². The average molecular weight is 314 g/mol. The van der Waals surface area contributed by atoms with E-state index in [0.29, 0.717) is 6.61 Å². The zero-order valence-electron chi connectivity index (χ0n) is 12.4. The lowest BCUT2D eigenvalue weighted by Crippen LogP contribution is -2.58. The molecule has 2 unspecified atom stereocenters. The van der Waals surface area contributed by atoms with Crippen molar-refractivity contribution in [2.24, 2.45) is 11.1 Å². The molecule has 0 amide bonds. The Morgan fingerprint density at radius 2 is 2.00 bits per heavy atom. The van der Waals surface area contributed by atoms with Gasteiger partial charge >= 0.3 is 0 Å². The van der Waals surface area contributed by atoms with Gasteiger partial charge in [0.1, 0.15) is 22.3 Å². The number of nitrogens with one attached hydrogen (secondary N) is 1. The van der Waals surface area contributed by atoms with Crippen LogP contribution in [0.3, 0.4) is 0 Å². The van der Waals surface area contributed by atoms with E-state index >= 15 is 0 Å². The van der Waals surface area contributed by atoms with Gasteiger partial charge in [-0.25, -0.2) is 8.78 Å². The summed E-state index contributed by atoms with van der Waals surface area (Å²) in [6, 6.07) is 2.26. The largest absolute Gasteiger partial charge is 0.389 e. The average Bonchev–Trinajstić information content (AvgIpc) is 2.40. The maximum Gasteiger partial charge on any atom is 0.150 e. The lowest BCUT2D eigenvalue weighted by Gasteiger charge is -2.52. The van der Waals surface area contributed by atoms with Gasteiger partial charge in [0.15, 0.2) is 0 Å². The standard InChI is InChI=1S/C15H20F2N2OS/c1-4-20-12-7-11(15(12,2)3)19-13-9(16)5-8(14(18)21)6-10(13)17/h5-6,11-12,19H,4,7H2,1-3H3,(H2,18,21). The molecule has 1 aromatic carbocycles. The molecule has 0 saturated heterocycles. The fraction of sp³-hybridized carbons (Fsp3) is 0.533. The highest BCUT2D eigenvalue weighted by Gasteiger charge is 2.49. The molecular formula is C15H20F2N2OS. The Morgan fingerprint density at radius 1 is 1.43 bits per heavy atom. The van der Waals surface area contributed by atoms with E-state index < -0.39 is 11.6 Å². The van der Waals surface area contributed by atoms with Gasteiger partial charge in [-0.1, -0.05) is 26.1 Å². The zero-order chi connectivity index (χ0) is 15.8. The monoisotopic (exact) mass is 314 g/mol. The number of hydrogen-bond donors (Lipinski definition) is 2. The second kappa shape index (κ2) is 5.85. The molecule has 2 rings (SSSR count). The van der Waals surface area contributed by atoms with E-state index in [9.17, 15) is 8.78 Å². The molecule has 1 saturated carbocycles. The van der Waals surface area contributed by atoms with Gasteiger partial charge in [-0.2, -0.15) is 0 Å². The molecule has 0 heterocycles. The first-order chi connectivity index (χ1) is 9.77. The Bertz CT molecular complexity index is 540. The van der Waals surface area contributed by atoms with Crippen LogP contribution in [0.5, 0.6) is 0 Å². The fourth-order valence-corrected chi connectivity index (χ4v) is 2.76. The Morgan fingerprint density at radius 3 is 2.43 bits per heavy atom. The van der Waals surface area contributed by atoms with Crippen LogP contribution in [0.4, 0.5) is 14.5 Å². The highest BCUT2D eigenvalue weighted by atomic mass is 32.1. The van der Waals surface area contributed by atoms with Gasteiger partial charge in [-0.15, -0.1) is 0 Å². The van der Waals surface area contributed by atoms with Crippen molar-refractivity contribution in [1.29, 1.82) is 0 Å². The van der Waals surface area contributed by atoms with Crippen LogP contribution in [-0.2, 0) is 4.74 Å². The normalized spacial score (nSPS) is 23.5. The Labute approximate surface area is 128 Å². The summed E-state index contributed by atoms with van der Waals surface area (Å²) in [5, 5.41) is 2.95. The van der Waals surface area contributed by atoms with Crippen molar-refractivity contribution in [3.8, 4) is 0 Å². The molecule has 1 aliphatic rings. The summed E-state index contributed by atoms with van der Waals surface area (Å²) in [5.74, 6) is -1.37. The molecule has 21 heavy (non-hydrogen) atoms. The SMILES string of the molecule is CCOC1CC(Nc2c(F)cc(C(N)=S)cc2F)C1(C)C. The fourth-order valence-electron chi connectivity index (χ4n) is 2.64. The number of halogens is 2. The van der Waals surface area contributed by atoms with Crippen molar-refractivity contribution >= 4 is 22.9 Å². The molecule has 116 valence electrons. The maximum absolute atomic E-state index is 14.0. The zero-order valence-corrected chi connectivity index (χ0v) is 13.2. The first-order valence-electron chi connectivity index (χ1n) is 6.94.